The van der Waals surface area contributed by atoms with Gasteiger partial charge in [-0.15, -0.1) is 0 Å². The molecule has 3 heterocycles. The molecule has 1 aliphatic rings. The van der Waals surface area contributed by atoms with Crippen LogP contribution in [0, 0.1) is 5.92 Å². The number of hydrogen-bond acceptors (Lipinski definition) is 4. The number of piperidine rings is 1. The van der Waals surface area contributed by atoms with Crippen molar-refractivity contribution in [3.05, 3.63) is 53.4 Å². The Balaban J connectivity index is 1.33. The Morgan fingerprint density at radius 2 is 2.11 bits per heavy atom. The Morgan fingerprint density at radius 3 is 2.96 bits per heavy atom. The molecule has 6 nitrogen and oxygen atoms in total. The van der Waals surface area contributed by atoms with E-state index in [4.69, 9.17) is 0 Å². The smallest absolute Gasteiger partial charge is 0.225 e. The minimum atomic E-state index is -0.0156. The number of amides is 1. The van der Waals surface area contributed by atoms with Crippen LogP contribution in [0.3, 0.4) is 0 Å². The highest BCUT2D eigenvalue weighted by Crippen LogP contribution is 2.21. The first kappa shape index (κ1) is 18.0. The minimum absolute atomic E-state index is 0.0156. The summed E-state index contributed by atoms with van der Waals surface area (Å²) >= 11 is 3.52. The molecule has 27 heavy (non-hydrogen) atoms. The maximum absolute atomic E-state index is 12.6. The lowest BCUT2D eigenvalue weighted by molar-refractivity contribution is -0.125. The van der Waals surface area contributed by atoms with Gasteiger partial charge in [0.1, 0.15) is 0 Å². The molecule has 2 aromatic heterocycles. The number of rotatable bonds is 5. The molecule has 0 unspecified atom stereocenters. The van der Waals surface area contributed by atoms with E-state index in [2.05, 4.69) is 65.1 Å². The summed E-state index contributed by atoms with van der Waals surface area (Å²) in [5.74, 6) is 0.811. The number of hydrogen-bond donors (Lipinski definition) is 1. The fraction of sp³-hybridized carbons (Fsp3) is 0.350. The molecule has 1 fully saturated rings. The van der Waals surface area contributed by atoms with Gasteiger partial charge in [0.15, 0.2) is 0 Å². The van der Waals surface area contributed by atoms with Gasteiger partial charge >= 0.3 is 0 Å². The number of halogens is 1. The van der Waals surface area contributed by atoms with Crippen molar-refractivity contribution in [2.45, 2.75) is 19.4 Å². The number of aromatic nitrogens is 3. The van der Waals surface area contributed by atoms with Gasteiger partial charge in [-0.1, -0.05) is 22.0 Å². The number of fused-ring (bicyclic) bond motifs is 1. The Kier molecular flexibility index (Phi) is 5.38. The molecule has 7 heteroatoms. The number of nitrogens with one attached hydrogen (secondary N) is 1. The van der Waals surface area contributed by atoms with Gasteiger partial charge in [-0.3, -0.25) is 4.79 Å². The zero-order valence-corrected chi connectivity index (χ0v) is 16.6. The molecule has 0 saturated carbocycles. The van der Waals surface area contributed by atoms with Crippen LogP contribution in [0.15, 0.2) is 53.4 Å². The van der Waals surface area contributed by atoms with Gasteiger partial charge in [0, 0.05) is 54.8 Å². The first-order valence-electron chi connectivity index (χ1n) is 9.25. The van der Waals surface area contributed by atoms with Crippen molar-refractivity contribution in [1.82, 2.24) is 19.9 Å². The van der Waals surface area contributed by atoms with E-state index in [1.165, 1.54) is 10.9 Å². The lowest BCUT2D eigenvalue weighted by Gasteiger charge is -2.31. The highest BCUT2D eigenvalue weighted by Gasteiger charge is 2.26. The summed E-state index contributed by atoms with van der Waals surface area (Å²) in [4.78, 5) is 23.3. The zero-order chi connectivity index (χ0) is 18.6. The van der Waals surface area contributed by atoms with Crippen molar-refractivity contribution in [2.24, 2.45) is 5.92 Å². The molecular formula is C20H22BrN5O. The lowest BCUT2D eigenvalue weighted by atomic mass is 9.97. The van der Waals surface area contributed by atoms with E-state index in [1.807, 2.05) is 6.07 Å². The summed E-state index contributed by atoms with van der Waals surface area (Å²) in [5, 5.41) is 4.31. The average molecular weight is 428 g/mol. The van der Waals surface area contributed by atoms with E-state index in [1.54, 1.807) is 18.5 Å². The predicted molar refractivity (Wildman–Crippen MR) is 110 cm³/mol. The summed E-state index contributed by atoms with van der Waals surface area (Å²) in [6.45, 7) is 2.95. The fourth-order valence-electron chi connectivity index (χ4n) is 3.62. The highest BCUT2D eigenvalue weighted by atomic mass is 79.9. The van der Waals surface area contributed by atoms with E-state index in [9.17, 15) is 4.79 Å². The quantitative estimate of drug-likeness (QED) is 0.678. The predicted octanol–water partition coefficient (Wildman–Crippen LogP) is 3.23. The third kappa shape index (κ3) is 4.13. The largest absolute Gasteiger partial charge is 0.354 e. The van der Waals surface area contributed by atoms with Crippen LogP contribution in [0.5, 0.6) is 0 Å². The topological polar surface area (TPSA) is 63.1 Å². The minimum Gasteiger partial charge on any atom is -0.354 e. The summed E-state index contributed by atoms with van der Waals surface area (Å²) in [7, 11) is 0. The molecule has 1 atom stereocenters. The molecule has 0 spiro atoms. The van der Waals surface area contributed by atoms with Crippen LogP contribution >= 0.6 is 15.9 Å². The molecule has 1 aliphatic heterocycles. The number of carbonyl (C=O) groups excluding carboxylic acids is 1. The van der Waals surface area contributed by atoms with Gasteiger partial charge in [-0.2, -0.15) is 0 Å². The Hall–Kier alpha value is -2.41. The van der Waals surface area contributed by atoms with E-state index < -0.39 is 0 Å². The van der Waals surface area contributed by atoms with Crippen molar-refractivity contribution >= 4 is 38.7 Å². The van der Waals surface area contributed by atoms with E-state index in [0.717, 1.165) is 30.4 Å². The first-order chi connectivity index (χ1) is 13.2. The van der Waals surface area contributed by atoms with Crippen molar-refractivity contribution in [3.8, 4) is 0 Å². The average Bonchev–Trinajstić information content (AvgIpc) is 3.11. The normalized spacial score (nSPS) is 17.2. The molecule has 1 N–H and O–H groups in total. The summed E-state index contributed by atoms with van der Waals surface area (Å²) in [6, 6.07) is 10.1. The van der Waals surface area contributed by atoms with Gasteiger partial charge in [0.05, 0.1) is 5.92 Å². The van der Waals surface area contributed by atoms with Crippen molar-refractivity contribution < 1.29 is 4.79 Å². The standard InChI is InChI=1S/C20H22BrN5O/c21-17-5-4-15-6-11-25(18(15)13-17)12-9-22-19(27)16-3-1-10-26(14-16)20-23-7-2-8-24-20/h2,4-8,11,13,16H,1,3,9-10,12,14H2,(H,22,27)/t16-/m1/s1. The second-order valence-corrected chi connectivity index (χ2v) is 7.75. The molecule has 1 amide bonds. The van der Waals surface area contributed by atoms with Crippen LogP contribution in [-0.2, 0) is 11.3 Å². The zero-order valence-electron chi connectivity index (χ0n) is 15.0. The summed E-state index contributed by atoms with van der Waals surface area (Å²) < 4.78 is 3.23. The number of nitrogens with zero attached hydrogens (tertiary/aromatic N) is 4. The Bertz CT molecular complexity index is 927. The van der Waals surface area contributed by atoms with Crippen LogP contribution in [0.4, 0.5) is 5.95 Å². The van der Waals surface area contributed by atoms with Gasteiger partial charge in [-0.25, -0.2) is 9.97 Å². The maximum Gasteiger partial charge on any atom is 0.225 e. The van der Waals surface area contributed by atoms with Crippen LogP contribution in [0.1, 0.15) is 12.8 Å². The van der Waals surface area contributed by atoms with Crippen molar-refractivity contribution in [1.29, 1.82) is 0 Å². The van der Waals surface area contributed by atoms with Crippen LogP contribution in [-0.4, -0.2) is 40.1 Å². The molecule has 140 valence electrons. The lowest BCUT2D eigenvalue weighted by Crippen LogP contribution is -2.44. The molecule has 3 aromatic rings. The molecular weight excluding hydrogens is 406 g/mol. The second-order valence-electron chi connectivity index (χ2n) is 6.84. The van der Waals surface area contributed by atoms with Crippen molar-refractivity contribution in [3.63, 3.8) is 0 Å². The number of anilines is 1. The summed E-state index contributed by atoms with van der Waals surface area (Å²) in [5.41, 5.74) is 1.17. The summed E-state index contributed by atoms with van der Waals surface area (Å²) in [6.07, 6.45) is 7.44. The first-order valence-corrected chi connectivity index (χ1v) is 10.0. The molecule has 4 rings (SSSR count). The third-order valence-corrected chi connectivity index (χ3v) is 5.51. The fourth-order valence-corrected chi connectivity index (χ4v) is 3.97. The van der Waals surface area contributed by atoms with E-state index in [-0.39, 0.29) is 11.8 Å². The van der Waals surface area contributed by atoms with E-state index >= 15 is 0 Å². The maximum atomic E-state index is 12.6. The van der Waals surface area contributed by atoms with Gasteiger partial charge in [-0.05, 0) is 42.5 Å². The van der Waals surface area contributed by atoms with Gasteiger partial charge in [0.25, 0.3) is 0 Å². The molecule has 0 radical (unpaired) electrons. The highest BCUT2D eigenvalue weighted by molar-refractivity contribution is 9.10. The van der Waals surface area contributed by atoms with Crippen LogP contribution in [0.2, 0.25) is 0 Å². The number of carbonyl (C=O) groups is 1. The molecule has 0 aliphatic carbocycles. The van der Waals surface area contributed by atoms with Crippen LogP contribution < -0.4 is 10.2 Å². The Labute approximate surface area is 166 Å². The van der Waals surface area contributed by atoms with E-state index in [0.29, 0.717) is 19.0 Å². The van der Waals surface area contributed by atoms with Gasteiger partial charge in [0.2, 0.25) is 11.9 Å². The number of benzene rings is 1. The van der Waals surface area contributed by atoms with Crippen molar-refractivity contribution in [2.75, 3.05) is 24.5 Å². The Morgan fingerprint density at radius 1 is 1.26 bits per heavy atom. The molecule has 1 aromatic carbocycles. The second kappa shape index (κ2) is 8.08. The van der Waals surface area contributed by atoms with Crippen LogP contribution in [0.25, 0.3) is 10.9 Å². The third-order valence-electron chi connectivity index (χ3n) is 5.02. The SMILES string of the molecule is O=C(NCCn1ccc2ccc(Br)cc21)[C@@H]1CCCN(c2ncccn2)C1. The molecule has 0 bridgehead atoms. The monoisotopic (exact) mass is 427 g/mol. The van der Waals surface area contributed by atoms with Gasteiger partial charge < -0.3 is 14.8 Å². The molecule has 1 saturated heterocycles.